The van der Waals surface area contributed by atoms with Crippen molar-refractivity contribution in [1.82, 2.24) is 10.4 Å². The molecule has 0 spiro atoms. The van der Waals surface area contributed by atoms with Gasteiger partial charge in [-0.1, -0.05) is 15.9 Å². The van der Waals surface area contributed by atoms with Crippen molar-refractivity contribution < 1.29 is 4.39 Å². The van der Waals surface area contributed by atoms with Crippen molar-refractivity contribution in [3.05, 3.63) is 63.6 Å². The zero-order valence-corrected chi connectivity index (χ0v) is 12.1. The molecule has 0 saturated carbocycles. The maximum atomic E-state index is 13.3. The molecule has 3 N–H and O–H groups in total. The first-order valence-electron chi connectivity index (χ1n) is 5.92. The van der Waals surface area contributed by atoms with Crippen LogP contribution in [0, 0.1) is 12.7 Å². The quantitative estimate of drug-likeness (QED) is 0.671. The third-order valence-electron chi connectivity index (χ3n) is 2.96. The van der Waals surface area contributed by atoms with Crippen molar-refractivity contribution in [2.45, 2.75) is 19.4 Å². The average molecular weight is 324 g/mol. The lowest BCUT2D eigenvalue weighted by molar-refractivity contribution is 0.546. The van der Waals surface area contributed by atoms with E-state index in [0.29, 0.717) is 6.42 Å². The summed E-state index contributed by atoms with van der Waals surface area (Å²) in [4.78, 5) is 4.16. The minimum absolute atomic E-state index is 0.0835. The topological polar surface area (TPSA) is 50.9 Å². The molecule has 0 radical (unpaired) electrons. The minimum Gasteiger partial charge on any atom is -0.271 e. The van der Waals surface area contributed by atoms with Crippen molar-refractivity contribution in [2.75, 3.05) is 0 Å². The number of benzene rings is 1. The van der Waals surface area contributed by atoms with E-state index in [9.17, 15) is 4.39 Å². The first kappa shape index (κ1) is 14.1. The van der Waals surface area contributed by atoms with Crippen LogP contribution in [0.25, 0.3) is 0 Å². The van der Waals surface area contributed by atoms with E-state index in [1.807, 2.05) is 19.1 Å². The van der Waals surface area contributed by atoms with E-state index in [1.54, 1.807) is 12.3 Å². The number of aromatic nitrogens is 1. The number of rotatable bonds is 4. The van der Waals surface area contributed by atoms with Gasteiger partial charge in [0.05, 0.1) is 6.04 Å². The number of pyridine rings is 1. The second-order valence-corrected chi connectivity index (χ2v) is 5.24. The molecule has 100 valence electrons. The molecule has 1 aromatic heterocycles. The van der Waals surface area contributed by atoms with E-state index < -0.39 is 0 Å². The van der Waals surface area contributed by atoms with Crippen LogP contribution in [0.5, 0.6) is 0 Å². The first-order valence-corrected chi connectivity index (χ1v) is 6.72. The van der Waals surface area contributed by atoms with Gasteiger partial charge < -0.3 is 0 Å². The van der Waals surface area contributed by atoms with E-state index in [4.69, 9.17) is 5.84 Å². The maximum Gasteiger partial charge on any atom is 0.123 e. The van der Waals surface area contributed by atoms with Crippen LogP contribution in [0.3, 0.4) is 0 Å². The molecule has 1 heterocycles. The molecule has 0 amide bonds. The molecule has 5 heteroatoms. The molecule has 3 nitrogen and oxygen atoms in total. The van der Waals surface area contributed by atoms with Crippen molar-refractivity contribution in [2.24, 2.45) is 5.84 Å². The highest BCUT2D eigenvalue weighted by molar-refractivity contribution is 9.10. The van der Waals surface area contributed by atoms with Gasteiger partial charge >= 0.3 is 0 Å². The molecule has 2 rings (SSSR count). The Morgan fingerprint density at radius 3 is 2.84 bits per heavy atom. The van der Waals surface area contributed by atoms with Gasteiger partial charge in [0.25, 0.3) is 0 Å². The molecule has 0 fully saturated rings. The third-order valence-corrected chi connectivity index (χ3v) is 3.73. The van der Waals surface area contributed by atoms with Crippen LogP contribution in [0.2, 0.25) is 0 Å². The highest BCUT2D eigenvalue weighted by atomic mass is 79.9. The highest BCUT2D eigenvalue weighted by Gasteiger charge is 2.13. The SMILES string of the molecule is Cc1cc(C(Cc2cc(F)ccc2Br)NN)ccn1. The average Bonchev–Trinajstić information content (AvgIpc) is 2.39. The summed E-state index contributed by atoms with van der Waals surface area (Å²) in [6.45, 7) is 1.93. The Labute approximate surface area is 120 Å². The molecule has 0 bridgehead atoms. The Kier molecular flexibility index (Phi) is 4.63. The van der Waals surface area contributed by atoms with Gasteiger partial charge in [0.15, 0.2) is 0 Å². The lowest BCUT2D eigenvalue weighted by Gasteiger charge is -2.17. The third kappa shape index (κ3) is 3.59. The van der Waals surface area contributed by atoms with Gasteiger partial charge in [-0.05, 0) is 54.8 Å². The molecule has 19 heavy (non-hydrogen) atoms. The van der Waals surface area contributed by atoms with Crippen LogP contribution in [0.1, 0.15) is 22.9 Å². The fourth-order valence-electron chi connectivity index (χ4n) is 1.98. The number of hydrazine groups is 1. The van der Waals surface area contributed by atoms with Crippen LogP contribution in [-0.2, 0) is 6.42 Å². The van der Waals surface area contributed by atoms with Crippen molar-refractivity contribution in [1.29, 1.82) is 0 Å². The van der Waals surface area contributed by atoms with Crippen molar-refractivity contribution in [3.63, 3.8) is 0 Å². The Morgan fingerprint density at radius 1 is 1.37 bits per heavy atom. The monoisotopic (exact) mass is 323 g/mol. The lowest BCUT2D eigenvalue weighted by atomic mass is 9.99. The molecule has 0 aliphatic heterocycles. The Bertz CT molecular complexity index is 574. The predicted octanol–water partition coefficient (Wildman–Crippen LogP) is 3.04. The summed E-state index contributed by atoms with van der Waals surface area (Å²) in [5.41, 5.74) is 5.60. The van der Waals surface area contributed by atoms with Gasteiger partial charge in [0.1, 0.15) is 5.82 Å². The standard InChI is InChI=1S/C14H15BrFN3/c1-9-6-10(4-5-18-9)14(19-17)8-11-7-12(16)2-3-13(11)15/h2-7,14,19H,8,17H2,1H3. The summed E-state index contributed by atoms with van der Waals surface area (Å²) in [5, 5.41) is 0. The molecule has 1 aromatic carbocycles. The fraction of sp³-hybridized carbons (Fsp3) is 0.214. The van der Waals surface area contributed by atoms with Gasteiger partial charge in [0.2, 0.25) is 0 Å². The summed E-state index contributed by atoms with van der Waals surface area (Å²) in [6, 6.07) is 8.44. The second-order valence-electron chi connectivity index (χ2n) is 4.39. The van der Waals surface area contributed by atoms with Gasteiger partial charge in [-0.3, -0.25) is 16.3 Å². The maximum absolute atomic E-state index is 13.3. The van der Waals surface area contributed by atoms with E-state index in [-0.39, 0.29) is 11.9 Å². The van der Waals surface area contributed by atoms with Crippen LogP contribution in [0.4, 0.5) is 4.39 Å². The molecule has 1 atom stereocenters. The molecule has 1 unspecified atom stereocenters. The zero-order valence-electron chi connectivity index (χ0n) is 10.5. The van der Waals surface area contributed by atoms with E-state index in [0.717, 1.165) is 21.3 Å². The van der Waals surface area contributed by atoms with Crippen molar-refractivity contribution in [3.8, 4) is 0 Å². The number of halogens is 2. The number of hydrogen-bond acceptors (Lipinski definition) is 3. The molecule has 2 aromatic rings. The summed E-state index contributed by atoms with van der Waals surface area (Å²) in [7, 11) is 0. The van der Waals surface area contributed by atoms with Crippen LogP contribution in [-0.4, -0.2) is 4.98 Å². The van der Waals surface area contributed by atoms with Gasteiger partial charge in [-0.2, -0.15) is 0 Å². The fourth-order valence-corrected chi connectivity index (χ4v) is 2.39. The van der Waals surface area contributed by atoms with E-state index >= 15 is 0 Å². The number of hydrogen-bond donors (Lipinski definition) is 2. The van der Waals surface area contributed by atoms with Crippen LogP contribution >= 0.6 is 15.9 Å². The first-order chi connectivity index (χ1) is 9.10. The number of nitrogens with one attached hydrogen (secondary N) is 1. The lowest BCUT2D eigenvalue weighted by Crippen LogP contribution is -2.29. The van der Waals surface area contributed by atoms with E-state index in [1.165, 1.54) is 12.1 Å². The Morgan fingerprint density at radius 2 is 2.16 bits per heavy atom. The Hall–Kier alpha value is -1.30. The summed E-state index contributed by atoms with van der Waals surface area (Å²) in [6.07, 6.45) is 2.34. The Balaban J connectivity index is 2.26. The summed E-state index contributed by atoms with van der Waals surface area (Å²) >= 11 is 3.43. The number of nitrogens with two attached hydrogens (primary N) is 1. The minimum atomic E-state index is -0.250. The molecule has 0 saturated heterocycles. The van der Waals surface area contributed by atoms with E-state index in [2.05, 4.69) is 26.3 Å². The normalized spacial score (nSPS) is 12.4. The zero-order chi connectivity index (χ0) is 13.8. The van der Waals surface area contributed by atoms with Gasteiger partial charge in [-0.25, -0.2) is 4.39 Å². The van der Waals surface area contributed by atoms with Crippen molar-refractivity contribution >= 4 is 15.9 Å². The van der Waals surface area contributed by atoms with Crippen LogP contribution < -0.4 is 11.3 Å². The number of nitrogens with zero attached hydrogens (tertiary/aromatic N) is 1. The number of aryl methyl sites for hydroxylation is 1. The second kappa shape index (κ2) is 6.23. The predicted molar refractivity (Wildman–Crippen MR) is 76.8 cm³/mol. The molecule has 0 aliphatic carbocycles. The largest absolute Gasteiger partial charge is 0.271 e. The van der Waals surface area contributed by atoms with Crippen LogP contribution in [0.15, 0.2) is 41.0 Å². The van der Waals surface area contributed by atoms with Gasteiger partial charge in [0, 0.05) is 16.4 Å². The summed E-state index contributed by atoms with van der Waals surface area (Å²) < 4.78 is 14.2. The highest BCUT2D eigenvalue weighted by Crippen LogP contribution is 2.24. The summed E-state index contributed by atoms with van der Waals surface area (Å²) in [5.74, 6) is 5.36. The molecular weight excluding hydrogens is 309 g/mol. The smallest absolute Gasteiger partial charge is 0.123 e. The molecular formula is C14H15BrFN3. The van der Waals surface area contributed by atoms with Gasteiger partial charge in [-0.15, -0.1) is 0 Å². The molecule has 0 aliphatic rings.